The molecule has 0 radical (unpaired) electrons. The van der Waals surface area contributed by atoms with E-state index in [-0.39, 0.29) is 25.1 Å². The highest BCUT2D eigenvalue weighted by Crippen LogP contribution is 2.58. The van der Waals surface area contributed by atoms with Crippen molar-refractivity contribution in [2.24, 2.45) is 11.8 Å². The fraction of sp³-hybridized carbons (Fsp3) is 0.391. The Morgan fingerprint density at radius 1 is 0.935 bits per heavy atom. The van der Waals surface area contributed by atoms with Crippen molar-refractivity contribution in [1.29, 1.82) is 0 Å². The minimum atomic E-state index is -0.597. The number of hydrogen-bond acceptors (Lipinski definition) is 8. The topological polar surface area (TPSA) is 89.5 Å². The summed E-state index contributed by atoms with van der Waals surface area (Å²) in [5, 5.41) is 0. The van der Waals surface area contributed by atoms with Crippen LogP contribution in [0.4, 0.5) is 0 Å². The number of fused-ring (bicyclic) bond motifs is 1. The first-order chi connectivity index (χ1) is 15.0. The molecule has 0 amide bonds. The quantitative estimate of drug-likeness (QED) is 0.468. The van der Waals surface area contributed by atoms with Gasteiger partial charge in [-0.2, -0.15) is 0 Å². The van der Waals surface area contributed by atoms with Crippen LogP contribution in [-0.4, -0.2) is 46.5 Å². The number of rotatable bonds is 8. The molecule has 2 aromatic rings. The summed E-state index contributed by atoms with van der Waals surface area (Å²) in [5.41, 5.74) is 1.20. The Morgan fingerprint density at radius 2 is 1.61 bits per heavy atom. The Bertz CT molecular complexity index is 990. The van der Waals surface area contributed by atoms with Crippen molar-refractivity contribution in [3.63, 3.8) is 0 Å². The van der Waals surface area contributed by atoms with Gasteiger partial charge in [0.15, 0.2) is 28.8 Å². The molecule has 0 N–H and O–H groups in total. The highest BCUT2D eigenvalue weighted by Gasteiger charge is 2.60. The molecule has 0 spiro atoms. The number of carbonyl (C=O) groups excluding carboxylic acids is 2. The van der Waals surface area contributed by atoms with Crippen LogP contribution >= 0.6 is 0 Å². The Morgan fingerprint density at radius 3 is 2.23 bits per heavy atom. The molecule has 0 saturated heterocycles. The third-order valence-electron chi connectivity index (χ3n) is 5.61. The normalized spacial score (nSPS) is 20.7. The fourth-order valence-corrected chi connectivity index (χ4v) is 4.12. The van der Waals surface area contributed by atoms with Crippen LogP contribution < -0.4 is 23.7 Å². The van der Waals surface area contributed by atoms with Gasteiger partial charge in [0, 0.05) is 17.4 Å². The van der Waals surface area contributed by atoms with Gasteiger partial charge in [-0.1, -0.05) is 0 Å². The minimum absolute atomic E-state index is 0.121. The van der Waals surface area contributed by atoms with Crippen LogP contribution in [0.2, 0.25) is 0 Å². The average molecular weight is 428 g/mol. The molecule has 1 aliphatic heterocycles. The summed E-state index contributed by atoms with van der Waals surface area (Å²) in [6, 6.07) is 8.57. The van der Waals surface area contributed by atoms with Gasteiger partial charge in [-0.15, -0.1) is 0 Å². The number of ketones is 1. The van der Waals surface area contributed by atoms with E-state index in [1.807, 2.05) is 0 Å². The number of methoxy groups -OCH3 is 3. The molecular formula is C23H24O8. The zero-order valence-electron chi connectivity index (χ0n) is 17.8. The summed E-state index contributed by atoms with van der Waals surface area (Å²) < 4.78 is 32.2. The number of Topliss-reactive ketones (excluding diaryl/α,β-unsaturated/α-hetero) is 1. The predicted molar refractivity (Wildman–Crippen MR) is 109 cm³/mol. The maximum atomic E-state index is 13.4. The summed E-state index contributed by atoms with van der Waals surface area (Å²) in [7, 11) is 4.56. The first-order valence-electron chi connectivity index (χ1n) is 9.94. The molecule has 1 heterocycles. The zero-order chi connectivity index (χ0) is 22.1. The van der Waals surface area contributed by atoms with Gasteiger partial charge in [0.2, 0.25) is 12.5 Å². The molecule has 164 valence electrons. The first-order valence-corrected chi connectivity index (χ1v) is 9.94. The second-order valence-corrected chi connectivity index (χ2v) is 7.22. The lowest BCUT2D eigenvalue weighted by Crippen LogP contribution is -2.11. The van der Waals surface area contributed by atoms with Crippen LogP contribution in [0.1, 0.15) is 28.8 Å². The van der Waals surface area contributed by atoms with Gasteiger partial charge < -0.3 is 28.4 Å². The van der Waals surface area contributed by atoms with Gasteiger partial charge in [0.05, 0.1) is 33.9 Å². The molecule has 3 atom stereocenters. The summed E-state index contributed by atoms with van der Waals surface area (Å²) >= 11 is 0. The fourth-order valence-electron chi connectivity index (χ4n) is 4.12. The largest absolute Gasteiger partial charge is 0.493 e. The van der Waals surface area contributed by atoms with E-state index in [1.165, 1.54) is 21.3 Å². The Kier molecular flexibility index (Phi) is 5.63. The monoisotopic (exact) mass is 428 g/mol. The van der Waals surface area contributed by atoms with E-state index < -0.39 is 17.8 Å². The lowest BCUT2D eigenvalue weighted by Gasteiger charge is -2.14. The van der Waals surface area contributed by atoms with Crippen LogP contribution in [0, 0.1) is 11.8 Å². The second kappa shape index (κ2) is 8.37. The predicted octanol–water partition coefficient (Wildman–Crippen LogP) is 3.22. The maximum Gasteiger partial charge on any atom is 0.310 e. The number of ether oxygens (including phenoxy) is 6. The van der Waals surface area contributed by atoms with Crippen molar-refractivity contribution in [2.45, 2.75) is 12.8 Å². The van der Waals surface area contributed by atoms with Gasteiger partial charge in [0.1, 0.15) is 0 Å². The van der Waals surface area contributed by atoms with E-state index in [4.69, 9.17) is 28.4 Å². The second-order valence-electron chi connectivity index (χ2n) is 7.22. The minimum Gasteiger partial charge on any atom is -0.493 e. The molecule has 31 heavy (non-hydrogen) atoms. The van der Waals surface area contributed by atoms with E-state index >= 15 is 0 Å². The van der Waals surface area contributed by atoms with Crippen LogP contribution in [0.3, 0.4) is 0 Å². The van der Waals surface area contributed by atoms with Gasteiger partial charge in [-0.05, 0) is 42.8 Å². The summed E-state index contributed by atoms with van der Waals surface area (Å²) in [5.74, 6) is 0.380. The average Bonchev–Trinajstić information content (AvgIpc) is 3.37. The molecule has 1 aliphatic carbocycles. The summed E-state index contributed by atoms with van der Waals surface area (Å²) in [6.45, 7) is 2.10. The van der Waals surface area contributed by atoms with Gasteiger partial charge in [-0.25, -0.2) is 0 Å². The molecule has 4 rings (SSSR count). The van der Waals surface area contributed by atoms with Crippen molar-refractivity contribution >= 4 is 11.8 Å². The van der Waals surface area contributed by atoms with E-state index in [0.29, 0.717) is 34.3 Å². The van der Waals surface area contributed by atoms with E-state index in [1.54, 1.807) is 37.3 Å². The van der Waals surface area contributed by atoms with Crippen molar-refractivity contribution in [3.8, 4) is 28.7 Å². The Hall–Kier alpha value is -3.42. The first kappa shape index (κ1) is 20.8. The molecule has 1 fully saturated rings. The van der Waals surface area contributed by atoms with Crippen molar-refractivity contribution in [1.82, 2.24) is 0 Å². The molecule has 1 saturated carbocycles. The van der Waals surface area contributed by atoms with Crippen LogP contribution in [-0.2, 0) is 9.53 Å². The lowest BCUT2D eigenvalue weighted by molar-refractivity contribution is -0.145. The maximum absolute atomic E-state index is 13.4. The molecule has 8 nitrogen and oxygen atoms in total. The number of hydrogen-bond donors (Lipinski definition) is 0. The molecule has 3 unspecified atom stereocenters. The number of benzene rings is 2. The van der Waals surface area contributed by atoms with E-state index in [9.17, 15) is 9.59 Å². The zero-order valence-corrected chi connectivity index (χ0v) is 17.8. The highest BCUT2D eigenvalue weighted by molar-refractivity contribution is 6.05. The van der Waals surface area contributed by atoms with Crippen LogP contribution in [0.15, 0.2) is 30.3 Å². The van der Waals surface area contributed by atoms with Crippen molar-refractivity contribution in [3.05, 3.63) is 41.5 Å². The third-order valence-corrected chi connectivity index (χ3v) is 5.61. The third kappa shape index (κ3) is 3.62. The highest BCUT2D eigenvalue weighted by atomic mass is 16.7. The smallest absolute Gasteiger partial charge is 0.310 e. The Balaban J connectivity index is 1.70. The van der Waals surface area contributed by atoms with Gasteiger partial charge in [0.25, 0.3) is 0 Å². The van der Waals surface area contributed by atoms with Crippen LogP contribution in [0.5, 0.6) is 28.7 Å². The van der Waals surface area contributed by atoms with Crippen molar-refractivity contribution < 1.29 is 38.0 Å². The number of esters is 1. The summed E-state index contributed by atoms with van der Waals surface area (Å²) in [4.78, 5) is 26.0. The van der Waals surface area contributed by atoms with Gasteiger partial charge >= 0.3 is 5.97 Å². The molecule has 0 aromatic heterocycles. The molecule has 2 aliphatic rings. The molecular weight excluding hydrogens is 404 g/mol. The molecule has 0 bridgehead atoms. The van der Waals surface area contributed by atoms with Crippen LogP contribution in [0.25, 0.3) is 0 Å². The standard InChI is InChI=1S/C23H24O8/c1-5-29-23(25)20-18(13-9-16(26-2)22(28-4)17(10-13)27-3)19(20)21(24)12-6-7-14-15(8-12)31-11-30-14/h6-10,18-20H,5,11H2,1-4H3. The van der Waals surface area contributed by atoms with E-state index in [0.717, 1.165) is 5.56 Å². The van der Waals surface area contributed by atoms with Crippen molar-refractivity contribution in [2.75, 3.05) is 34.7 Å². The van der Waals surface area contributed by atoms with Gasteiger partial charge in [-0.3, -0.25) is 9.59 Å². The molecule has 8 heteroatoms. The van der Waals surface area contributed by atoms with E-state index in [2.05, 4.69) is 0 Å². The SMILES string of the molecule is CCOC(=O)C1C(C(=O)c2ccc3c(c2)OCO3)C1c1cc(OC)c(OC)c(OC)c1. The summed E-state index contributed by atoms with van der Waals surface area (Å²) in [6.07, 6.45) is 0. The Labute approximate surface area is 179 Å². The molecule has 2 aromatic carbocycles. The lowest BCUT2D eigenvalue weighted by atomic mass is 10.0. The number of carbonyl (C=O) groups is 2.